The van der Waals surface area contributed by atoms with E-state index in [1.165, 1.54) is 25.7 Å². The molecular formula is C23H40N6O3S. The molecule has 0 unspecified atom stereocenters. The summed E-state index contributed by atoms with van der Waals surface area (Å²) in [6.07, 6.45) is 10.1. The number of aromatic nitrogens is 2. The van der Waals surface area contributed by atoms with Crippen LogP contribution in [0.2, 0.25) is 0 Å². The largest absolute Gasteiger partial charge is 0.356 e. The van der Waals surface area contributed by atoms with Crippen molar-refractivity contribution >= 4 is 27.7 Å². The van der Waals surface area contributed by atoms with Crippen molar-refractivity contribution < 1.29 is 12.6 Å². The molecule has 0 amide bonds. The van der Waals surface area contributed by atoms with Gasteiger partial charge in [-0.25, -0.2) is 0 Å². The smallest absolute Gasteiger partial charge is 0.264 e. The maximum absolute atomic E-state index is 11.0. The van der Waals surface area contributed by atoms with E-state index in [0.29, 0.717) is 6.61 Å². The average molecular weight is 481 g/mol. The van der Waals surface area contributed by atoms with Crippen molar-refractivity contribution in [3.63, 3.8) is 0 Å². The van der Waals surface area contributed by atoms with E-state index in [2.05, 4.69) is 25.7 Å². The van der Waals surface area contributed by atoms with Gasteiger partial charge in [0.15, 0.2) is 0 Å². The fraction of sp³-hybridized carbons (Fsp3) is 0.826. The molecule has 0 radical (unpaired) electrons. The molecule has 186 valence electrons. The van der Waals surface area contributed by atoms with Crippen molar-refractivity contribution in [1.29, 1.82) is 0 Å². The van der Waals surface area contributed by atoms with Crippen LogP contribution >= 0.6 is 0 Å². The lowest BCUT2D eigenvalue weighted by Crippen LogP contribution is -2.47. The molecule has 9 nitrogen and oxygen atoms in total. The molecule has 0 N–H and O–H groups in total. The van der Waals surface area contributed by atoms with Gasteiger partial charge in [0.25, 0.3) is 10.1 Å². The van der Waals surface area contributed by atoms with Crippen molar-refractivity contribution in [3.05, 3.63) is 6.07 Å². The van der Waals surface area contributed by atoms with E-state index < -0.39 is 10.1 Å². The third-order valence-corrected chi connectivity index (χ3v) is 7.46. The van der Waals surface area contributed by atoms with Crippen LogP contribution in [0.5, 0.6) is 0 Å². The molecule has 0 bridgehead atoms. The fourth-order valence-corrected chi connectivity index (χ4v) is 5.36. The second kappa shape index (κ2) is 11.7. The van der Waals surface area contributed by atoms with Gasteiger partial charge in [-0.15, -0.1) is 0 Å². The van der Waals surface area contributed by atoms with Crippen LogP contribution in [0.4, 0.5) is 17.6 Å². The fourth-order valence-electron chi connectivity index (χ4n) is 4.94. The van der Waals surface area contributed by atoms with Gasteiger partial charge in [-0.3, -0.25) is 9.08 Å². The molecule has 3 aliphatic heterocycles. The van der Waals surface area contributed by atoms with E-state index in [1.807, 2.05) is 0 Å². The zero-order valence-electron chi connectivity index (χ0n) is 20.1. The van der Waals surface area contributed by atoms with Crippen LogP contribution < -0.4 is 14.7 Å². The van der Waals surface area contributed by atoms with Crippen molar-refractivity contribution in [1.82, 2.24) is 14.9 Å². The minimum absolute atomic E-state index is 0.301. The maximum Gasteiger partial charge on any atom is 0.264 e. The molecule has 4 rings (SSSR count). The molecule has 0 atom stereocenters. The van der Waals surface area contributed by atoms with E-state index in [0.717, 1.165) is 108 Å². The lowest BCUT2D eigenvalue weighted by molar-refractivity contribution is 0.249. The Morgan fingerprint density at radius 3 is 1.91 bits per heavy atom. The van der Waals surface area contributed by atoms with E-state index in [-0.39, 0.29) is 0 Å². The van der Waals surface area contributed by atoms with Gasteiger partial charge >= 0.3 is 0 Å². The Labute approximate surface area is 199 Å². The highest BCUT2D eigenvalue weighted by Crippen LogP contribution is 2.27. The summed E-state index contributed by atoms with van der Waals surface area (Å²) in [5.74, 6) is 3.09. The molecule has 3 fully saturated rings. The van der Waals surface area contributed by atoms with Crippen LogP contribution in [0.1, 0.15) is 51.4 Å². The number of rotatable bonds is 11. The molecule has 0 aliphatic carbocycles. The van der Waals surface area contributed by atoms with Crippen LogP contribution in [-0.4, -0.2) is 95.1 Å². The summed E-state index contributed by atoms with van der Waals surface area (Å²) in [5.41, 5.74) is 0. The van der Waals surface area contributed by atoms with Crippen molar-refractivity contribution in [2.45, 2.75) is 51.4 Å². The zero-order valence-corrected chi connectivity index (χ0v) is 20.9. The Hall–Kier alpha value is -1.65. The van der Waals surface area contributed by atoms with Gasteiger partial charge in [0.2, 0.25) is 5.95 Å². The first-order valence-electron chi connectivity index (χ1n) is 12.7. The zero-order chi connectivity index (χ0) is 23.1. The predicted octanol–water partition coefficient (Wildman–Crippen LogP) is 2.34. The van der Waals surface area contributed by atoms with E-state index in [9.17, 15) is 8.42 Å². The number of piperazine rings is 1. The predicted molar refractivity (Wildman–Crippen MR) is 133 cm³/mol. The Morgan fingerprint density at radius 1 is 0.758 bits per heavy atom. The van der Waals surface area contributed by atoms with Gasteiger partial charge in [-0.2, -0.15) is 18.4 Å². The third kappa shape index (κ3) is 7.42. The van der Waals surface area contributed by atoms with Crippen molar-refractivity contribution in [2.24, 2.45) is 0 Å². The number of unbranched alkanes of at least 4 members (excludes halogenated alkanes) is 3. The molecule has 0 spiro atoms. The van der Waals surface area contributed by atoms with E-state index in [1.54, 1.807) is 0 Å². The van der Waals surface area contributed by atoms with Gasteiger partial charge in [0.05, 0.1) is 12.9 Å². The summed E-state index contributed by atoms with van der Waals surface area (Å²) in [4.78, 5) is 19.7. The number of anilines is 3. The molecular weight excluding hydrogens is 440 g/mol. The van der Waals surface area contributed by atoms with Crippen molar-refractivity contribution in [3.8, 4) is 0 Å². The number of nitrogens with zero attached hydrogens (tertiary/aromatic N) is 6. The molecule has 0 aromatic carbocycles. The summed E-state index contributed by atoms with van der Waals surface area (Å²) in [7, 11) is -3.30. The van der Waals surface area contributed by atoms with Crippen LogP contribution in [-0.2, 0) is 14.3 Å². The molecule has 3 aliphatic rings. The topological polar surface area (TPSA) is 82.1 Å². The van der Waals surface area contributed by atoms with Gasteiger partial charge in [0.1, 0.15) is 11.6 Å². The summed E-state index contributed by atoms with van der Waals surface area (Å²) in [6.45, 7) is 9.84. The second-order valence-electron chi connectivity index (χ2n) is 9.54. The highest BCUT2D eigenvalue weighted by Gasteiger charge is 2.24. The maximum atomic E-state index is 11.0. The summed E-state index contributed by atoms with van der Waals surface area (Å²) >= 11 is 0. The average Bonchev–Trinajstić information content (AvgIpc) is 3.52. The highest BCUT2D eigenvalue weighted by atomic mass is 32.2. The van der Waals surface area contributed by atoms with Crippen LogP contribution in [0.25, 0.3) is 0 Å². The summed E-state index contributed by atoms with van der Waals surface area (Å²) < 4.78 is 26.8. The first kappa shape index (κ1) is 24.5. The highest BCUT2D eigenvalue weighted by molar-refractivity contribution is 7.85. The first-order chi connectivity index (χ1) is 16.0. The monoisotopic (exact) mass is 480 g/mol. The minimum atomic E-state index is -3.30. The second-order valence-corrected chi connectivity index (χ2v) is 11.2. The number of hydrogen-bond donors (Lipinski definition) is 0. The summed E-state index contributed by atoms with van der Waals surface area (Å²) in [5, 5.41) is 0. The SMILES string of the molecule is CS(=O)(=O)OCCCCCCN1CCN(c2cc(N3CCCC3)nc(N3CCCC3)n2)CC1. The molecule has 33 heavy (non-hydrogen) atoms. The van der Waals surface area contributed by atoms with Crippen LogP contribution in [0, 0.1) is 0 Å². The molecule has 10 heteroatoms. The molecule has 3 saturated heterocycles. The van der Waals surface area contributed by atoms with Gasteiger partial charge in [0, 0.05) is 58.4 Å². The van der Waals surface area contributed by atoms with Gasteiger partial charge < -0.3 is 14.7 Å². The molecule has 0 saturated carbocycles. The van der Waals surface area contributed by atoms with E-state index >= 15 is 0 Å². The molecule has 1 aromatic rings. The van der Waals surface area contributed by atoms with Crippen LogP contribution in [0.15, 0.2) is 6.07 Å². The molecule has 4 heterocycles. The standard InChI is InChI=1S/C23H40N6O3S/c1-33(30,31)32-19-9-3-2-4-10-26-15-17-28(18-16-26)22-20-21(27-11-5-6-12-27)24-23(25-22)29-13-7-8-14-29/h20H,2-19H2,1H3. The Kier molecular flexibility index (Phi) is 8.65. The Morgan fingerprint density at radius 2 is 1.30 bits per heavy atom. The summed E-state index contributed by atoms with van der Waals surface area (Å²) in [6, 6.07) is 2.21. The quantitative estimate of drug-likeness (QED) is 0.350. The van der Waals surface area contributed by atoms with Gasteiger partial charge in [-0.1, -0.05) is 12.8 Å². The van der Waals surface area contributed by atoms with Gasteiger partial charge in [-0.05, 0) is 45.1 Å². The lowest BCUT2D eigenvalue weighted by atomic mass is 10.2. The van der Waals surface area contributed by atoms with E-state index in [4.69, 9.17) is 14.2 Å². The number of hydrogen-bond acceptors (Lipinski definition) is 9. The van der Waals surface area contributed by atoms with Crippen LogP contribution in [0.3, 0.4) is 0 Å². The molecule has 1 aromatic heterocycles. The van der Waals surface area contributed by atoms with Crippen molar-refractivity contribution in [2.75, 3.05) is 86.5 Å². The Balaban J connectivity index is 1.25. The first-order valence-corrected chi connectivity index (χ1v) is 14.5. The lowest BCUT2D eigenvalue weighted by Gasteiger charge is -2.36. The Bertz CT molecular complexity index is 814. The minimum Gasteiger partial charge on any atom is -0.356 e. The third-order valence-electron chi connectivity index (χ3n) is 6.87. The normalized spacial score (nSPS) is 20.2.